The molecule has 1 aromatic carbocycles. The molecule has 0 amide bonds. The molecule has 2 aromatic rings. The van der Waals surface area contributed by atoms with Crippen LogP contribution in [0.5, 0.6) is 5.88 Å². The minimum Gasteiger partial charge on any atom is -0.508 e. The Balaban J connectivity index is 1.78. The minimum atomic E-state index is -0.595. The zero-order valence-corrected chi connectivity index (χ0v) is 15.6. The van der Waals surface area contributed by atoms with Crippen LogP contribution in [0, 0.1) is 5.41 Å². The fourth-order valence-corrected chi connectivity index (χ4v) is 4.24. The molecule has 4 rings (SSSR count). The van der Waals surface area contributed by atoms with E-state index in [4.69, 9.17) is 9.26 Å². The van der Waals surface area contributed by atoms with Gasteiger partial charge in [0.15, 0.2) is 5.76 Å². The number of aliphatic hydroxyl groups is 1. The number of hydrogen-bond acceptors (Lipinski definition) is 6. The Morgan fingerprint density at radius 3 is 2.78 bits per heavy atom. The lowest BCUT2D eigenvalue weighted by Gasteiger charge is -2.44. The number of rotatable bonds is 4. The van der Waals surface area contributed by atoms with Gasteiger partial charge in [-0.2, -0.15) is 0 Å². The van der Waals surface area contributed by atoms with Gasteiger partial charge in [-0.25, -0.2) is 0 Å². The quantitative estimate of drug-likeness (QED) is 0.886. The summed E-state index contributed by atoms with van der Waals surface area (Å²) in [7, 11) is 3.85. The first-order chi connectivity index (χ1) is 12.9. The van der Waals surface area contributed by atoms with E-state index in [0.717, 1.165) is 5.56 Å². The number of hydrogen-bond donors (Lipinski definition) is 1. The van der Waals surface area contributed by atoms with Crippen LogP contribution < -0.4 is 4.74 Å². The molecule has 2 aliphatic carbocycles. The van der Waals surface area contributed by atoms with E-state index in [2.05, 4.69) is 5.16 Å². The van der Waals surface area contributed by atoms with Crippen LogP contribution in [0.2, 0.25) is 0 Å². The van der Waals surface area contributed by atoms with E-state index in [1.54, 1.807) is 6.08 Å². The van der Waals surface area contributed by atoms with Gasteiger partial charge in [0.05, 0.1) is 11.6 Å². The third-order valence-corrected chi connectivity index (χ3v) is 5.37. The van der Waals surface area contributed by atoms with Gasteiger partial charge >= 0.3 is 0 Å². The molecule has 0 bridgehead atoms. The van der Waals surface area contributed by atoms with Crippen LogP contribution in [0.1, 0.15) is 41.1 Å². The zero-order valence-electron chi connectivity index (χ0n) is 15.6. The molecule has 2 aliphatic rings. The van der Waals surface area contributed by atoms with Gasteiger partial charge in [0.2, 0.25) is 5.78 Å². The smallest absolute Gasteiger partial charge is 0.266 e. The Bertz CT molecular complexity index is 942. The maximum Gasteiger partial charge on any atom is 0.266 e. The summed E-state index contributed by atoms with van der Waals surface area (Å²) in [6.45, 7) is 2.25. The summed E-state index contributed by atoms with van der Waals surface area (Å²) in [6.07, 6.45) is 4.10. The molecule has 1 heterocycles. The van der Waals surface area contributed by atoms with E-state index in [-0.39, 0.29) is 30.1 Å². The molecule has 0 fully saturated rings. The van der Waals surface area contributed by atoms with E-state index in [1.807, 2.05) is 62.3 Å². The third-order valence-electron chi connectivity index (χ3n) is 5.37. The number of ether oxygens (including phenoxy) is 1. The van der Waals surface area contributed by atoms with Gasteiger partial charge in [-0.3, -0.25) is 9.69 Å². The van der Waals surface area contributed by atoms with Crippen molar-refractivity contribution in [3.05, 3.63) is 70.7 Å². The minimum absolute atomic E-state index is 0.00135. The van der Waals surface area contributed by atoms with E-state index < -0.39 is 5.41 Å². The highest BCUT2D eigenvalue weighted by molar-refractivity contribution is 6.13. The summed E-state index contributed by atoms with van der Waals surface area (Å²) in [5, 5.41) is 14.5. The summed E-state index contributed by atoms with van der Waals surface area (Å²) in [5.74, 6) is 0.378. The standard InChI is InChI=1S/C21H22N2O4/c1-21-11-7-10-14(24)16(21)17(25)15-18(19(21)23(2)3)27-22-20(15)26-12-13-8-5-4-6-9-13/h4-10,19,24H,11-12H2,1-3H3/t19-,21+/m0/s1. The number of fused-ring (bicyclic) bond motifs is 2. The number of Topliss-reactive ketones (excluding diaryl/α,β-unsaturated/α-hetero) is 1. The highest BCUT2D eigenvalue weighted by atomic mass is 16.5. The topological polar surface area (TPSA) is 75.8 Å². The van der Waals surface area contributed by atoms with Gasteiger partial charge in [0.1, 0.15) is 17.9 Å². The van der Waals surface area contributed by atoms with E-state index in [1.165, 1.54) is 0 Å². The van der Waals surface area contributed by atoms with Gasteiger partial charge in [0, 0.05) is 5.41 Å². The number of carbonyl (C=O) groups excluding carboxylic acids is 1. The summed E-state index contributed by atoms with van der Waals surface area (Å²) >= 11 is 0. The number of ketones is 1. The second kappa shape index (κ2) is 6.39. The van der Waals surface area contributed by atoms with Crippen LogP contribution in [0.4, 0.5) is 0 Å². The summed E-state index contributed by atoms with van der Waals surface area (Å²) in [6, 6.07) is 9.41. The van der Waals surface area contributed by atoms with Crippen molar-refractivity contribution in [3.8, 4) is 5.88 Å². The Labute approximate surface area is 157 Å². The molecule has 0 saturated carbocycles. The molecule has 0 aliphatic heterocycles. The molecule has 6 heteroatoms. The molecule has 1 aromatic heterocycles. The number of nitrogens with zero attached hydrogens (tertiary/aromatic N) is 2. The summed E-state index contributed by atoms with van der Waals surface area (Å²) in [5.41, 5.74) is 1.07. The first-order valence-corrected chi connectivity index (χ1v) is 8.91. The number of allylic oxidation sites excluding steroid dienone is 2. The van der Waals surface area contributed by atoms with E-state index in [0.29, 0.717) is 23.3 Å². The Morgan fingerprint density at radius 2 is 2.07 bits per heavy atom. The maximum atomic E-state index is 13.3. The lowest BCUT2D eigenvalue weighted by Crippen LogP contribution is -2.44. The van der Waals surface area contributed by atoms with Crippen molar-refractivity contribution >= 4 is 5.78 Å². The van der Waals surface area contributed by atoms with Crippen molar-refractivity contribution in [3.63, 3.8) is 0 Å². The third kappa shape index (κ3) is 2.68. The van der Waals surface area contributed by atoms with Crippen LogP contribution in [0.15, 0.2) is 58.3 Å². The molecule has 0 saturated heterocycles. The molecule has 27 heavy (non-hydrogen) atoms. The van der Waals surface area contributed by atoms with Crippen LogP contribution >= 0.6 is 0 Å². The highest BCUT2D eigenvalue weighted by Crippen LogP contribution is 2.55. The molecule has 0 spiro atoms. The lowest BCUT2D eigenvalue weighted by atomic mass is 9.63. The average molecular weight is 366 g/mol. The molecule has 2 atom stereocenters. The predicted molar refractivity (Wildman–Crippen MR) is 99.6 cm³/mol. The number of carbonyl (C=O) groups is 1. The molecule has 0 unspecified atom stereocenters. The summed E-state index contributed by atoms with van der Waals surface area (Å²) < 4.78 is 11.4. The van der Waals surface area contributed by atoms with Crippen LogP contribution in [0.25, 0.3) is 0 Å². The number of aliphatic hydroxyl groups excluding tert-OH is 1. The highest BCUT2D eigenvalue weighted by Gasteiger charge is 2.54. The number of benzene rings is 1. The molecule has 140 valence electrons. The Kier molecular flexibility index (Phi) is 4.15. The van der Waals surface area contributed by atoms with Gasteiger partial charge in [-0.05, 0) is 37.3 Å². The van der Waals surface area contributed by atoms with Gasteiger partial charge in [-0.15, -0.1) is 0 Å². The predicted octanol–water partition coefficient (Wildman–Crippen LogP) is 3.83. The van der Waals surface area contributed by atoms with Crippen LogP contribution in [-0.4, -0.2) is 35.0 Å². The largest absolute Gasteiger partial charge is 0.508 e. The van der Waals surface area contributed by atoms with Crippen molar-refractivity contribution in [2.45, 2.75) is 26.0 Å². The molecule has 1 N–H and O–H groups in total. The van der Waals surface area contributed by atoms with Crippen LogP contribution in [0.3, 0.4) is 0 Å². The summed E-state index contributed by atoms with van der Waals surface area (Å²) in [4.78, 5) is 15.3. The first-order valence-electron chi connectivity index (χ1n) is 8.91. The molecule has 0 radical (unpaired) electrons. The molecular formula is C21H22N2O4. The normalized spacial score (nSPS) is 24.1. The fraction of sp³-hybridized carbons (Fsp3) is 0.333. The molecule has 6 nitrogen and oxygen atoms in total. The fourth-order valence-electron chi connectivity index (χ4n) is 4.24. The Hall–Kier alpha value is -2.86. The second-order valence-corrected chi connectivity index (χ2v) is 7.48. The van der Waals surface area contributed by atoms with Crippen molar-refractivity contribution in [2.75, 3.05) is 14.1 Å². The van der Waals surface area contributed by atoms with Gasteiger partial charge in [-0.1, -0.05) is 43.3 Å². The van der Waals surface area contributed by atoms with Gasteiger partial charge < -0.3 is 14.4 Å². The van der Waals surface area contributed by atoms with Crippen molar-refractivity contribution in [1.82, 2.24) is 10.1 Å². The monoisotopic (exact) mass is 366 g/mol. The van der Waals surface area contributed by atoms with E-state index in [9.17, 15) is 9.90 Å². The van der Waals surface area contributed by atoms with Crippen molar-refractivity contribution < 1.29 is 19.2 Å². The SMILES string of the molecule is CN(C)[C@H]1c2onc(OCc3ccccc3)c2C(=O)C2=C(O)C=CC[C@]21C. The van der Waals surface area contributed by atoms with Crippen molar-refractivity contribution in [1.29, 1.82) is 0 Å². The second-order valence-electron chi connectivity index (χ2n) is 7.48. The van der Waals surface area contributed by atoms with Gasteiger partial charge in [0.25, 0.3) is 5.88 Å². The number of aromatic nitrogens is 1. The lowest BCUT2D eigenvalue weighted by molar-refractivity contribution is 0.0790. The van der Waals surface area contributed by atoms with Crippen molar-refractivity contribution in [2.24, 2.45) is 5.41 Å². The van der Waals surface area contributed by atoms with Crippen LogP contribution in [-0.2, 0) is 6.61 Å². The zero-order chi connectivity index (χ0) is 19.2. The first kappa shape index (κ1) is 17.5. The average Bonchev–Trinajstić information content (AvgIpc) is 3.03. The maximum absolute atomic E-state index is 13.3. The Morgan fingerprint density at radius 1 is 1.33 bits per heavy atom. The van der Waals surface area contributed by atoms with E-state index >= 15 is 0 Å². The molecular weight excluding hydrogens is 344 g/mol.